The van der Waals surface area contributed by atoms with Gasteiger partial charge in [0.15, 0.2) is 5.78 Å². The topological polar surface area (TPSA) is 76.2 Å². The molecule has 1 aliphatic carbocycles. The van der Waals surface area contributed by atoms with E-state index in [0.717, 1.165) is 42.5 Å². The molecule has 0 spiro atoms. The fraction of sp³-hybridized carbons (Fsp3) is 0.290. The first-order valence-corrected chi connectivity index (χ1v) is 12.4. The zero-order valence-electron chi connectivity index (χ0n) is 21.6. The number of carbonyl (C=O) groups excluding carboxylic acids is 1. The number of fused-ring (bicyclic) bond motifs is 1. The molecule has 4 rings (SSSR count). The molecule has 184 valence electrons. The molecule has 0 radical (unpaired) electrons. The second kappa shape index (κ2) is 14.0. The van der Waals surface area contributed by atoms with Crippen molar-refractivity contribution in [2.24, 2.45) is 5.73 Å². The van der Waals surface area contributed by atoms with E-state index < -0.39 is 0 Å². The third-order valence-electron chi connectivity index (χ3n) is 5.70. The van der Waals surface area contributed by atoms with Gasteiger partial charge in [-0.05, 0) is 41.3 Å². The molecule has 3 N–H and O–H groups in total. The molecule has 0 unspecified atom stereocenters. The maximum absolute atomic E-state index is 12.7. The first-order chi connectivity index (χ1) is 17.1. The van der Waals surface area contributed by atoms with E-state index in [-0.39, 0.29) is 5.78 Å². The van der Waals surface area contributed by atoms with Gasteiger partial charge >= 0.3 is 0 Å². The van der Waals surface area contributed by atoms with Crippen LogP contribution in [0.15, 0.2) is 72.4 Å². The summed E-state index contributed by atoms with van der Waals surface area (Å²) in [5.74, 6) is 0.106. The Kier molecular flexibility index (Phi) is 11.1. The number of Topliss-reactive ketones (excluding diaryl/α,β-unsaturated/α-hetero) is 1. The number of aromatic nitrogens is 1. The van der Waals surface area contributed by atoms with Crippen molar-refractivity contribution >= 4 is 11.9 Å². The summed E-state index contributed by atoms with van der Waals surface area (Å²) >= 11 is 0. The highest BCUT2D eigenvalue weighted by molar-refractivity contribution is 6.00. The Morgan fingerprint density at radius 2 is 1.51 bits per heavy atom. The molecule has 0 bridgehead atoms. The molecule has 3 aromatic rings. The Bertz CT molecular complexity index is 1160. The van der Waals surface area contributed by atoms with E-state index in [2.05, 4.69) is 55.5 Å². The van der Waals surface area contributed by atoms with Gasteiger partial charge in [-0.1, -0.05) is 88.7 Å². The lowest BCUT2D eigenvalue weighted by molar-refractivity contribution is 0.0988. The van der Waals surface area contributed by atoms with Crippen LogP contribution in [0.3, 0.4) is 0 Å². The number of hydrogen-bond acceptors (Lipinski definition) is 4. The number of ketones is 1. The summed E-state index contributed by atoms with van der Waals surface area (Å²) in [4.78, 5) is 17.6. The second-order valence-electron chi connectivity index (χ2n) is 7.97. The van der Waals surface area contributed by atoms with Crippen LogP contribution in [0.25, 0.3) is 28.5 Å². The van der Waals surface area contributed by atoms with Crippen molar-refractivity contribution in [1.82, 2.24) is 4.98 Å². The predicted octanol–water partition coefficient (Wildman–Crippen LogP) is 7.01. The van der Waals surface area contributed by atoms with Crippen LogP contribution in [-0.2, 0) is 12.8 Å². The normalized spacial score (nSPS) is 11.7. The van der Waals surface area contributed by atoms with Crippen LogP contribution in [-0.4, -0.2) is 23.0 Å². The number of hydrogen-bond donors (Lipinski definition) is 2. The van der Waals surface area contributed by atoms with Crippen molar-refractivity contribution in [2.45, 2.75) is 53.4 Å². The minimum atomic E-state index is 0.106. The Hall–Kier alpha value is -3.50. The largest absolute Gasteiger partial charge is 0.400 e. The number of nitrogens with zero attached hydrogens (tertiary/aromatic N) is 1. The summed E-state index contributed by atoms with van der Waals surface area (Å²) in [7, 11) is 1.00. The van der Waals surface area contributed by atoms with Gasteiger partial charge in [0.2, 0.25) is 0 Å². The van der Waals surface area contributed by atoms with E-state index in [1.165, 1.54) is 16.7 Å². The molecule has 0 saturated heterocycles. The molecule has 0 saturated carbocycles. The minimum Gasteiger partial charge on any atom is -0.400 e. The van der Waals surface area contributed by atoms with Gasteiger partial charge in [-0.25, -0.2) is 0 Å². The highest BCUT2D eigenvalue weighted by Gasteiger charge is 2.17. The van der Waals surface area contributed by atoms with E-state index in [0.29, 0.717) is 24.1 Å². The van der Waals surface area contributed by atoms with E-state index in [1.807, 2.05) is 45.1 Å². The average molecular weight is 471 g/mol. The van der Waals surface area contributed by atoms with E-state index in [4.69, 9.17) is 15.8 Å². The number of rotatable bonds is 6. The minimum absolute atomic E-state index is 0.106. The van der Waals surface area contributed by atoms with Crippen LogP contribution in [0.5, 0.6) is 0 Å². The first kappa shape index (κ1) is 27.7. The van der Waals surface area contributed by atoms with Gasteiger partial charge in [0.25, 0.3) is 0 Å². The Labute approximate surface area is 210 Å². The van der Waals surface area contributed by atoms with Gasteiger partial charge in [0, 0.05) is 42.3 Å². The first-order valence-electron chi connectivity index (χ1n) is 12.4. The van der Waals surface area contributed by atoms with Crippen molar-refractivity contribution in [1.29, 1.82) is 0 Å². The lowest BCUT2D eigenvalue weighted by Crippen LogP contribution is -2.07. The van der Waals surface area contributed by atoms with Gasteiger partial charge in [0.05, 0.1) is 11.4 Å². The molecule has 4 nitrogen and oxygen atoms in total. The van der Waals surface area contributed by atoms with Crippen LogP contribution in [0.2, 0.25) is 0 Å². The zero-order chi connectivity index (χ0) is 25.8. The standard InChI is InChI=1S/C28H28N2O.C2H6.CH4O/c1-3-6-19-9-11-20(12-10-19)21-13-15-22(16-14-21)27-18-25(28(31)4-2)24-17-23(29)7-5-8-26(24)30-27;2*1-2/h5,7,9-18H,3-4,6,8,29H2,1-2H3;1-2H3;2H,1H3. The fourth-order valence-corrected chi connectivity index (χ4v) is 4.00. The van der Waals surface area contributed by atoms with Crippen LogP contribution >= 0.6 is 0 Å². The molecular weight excluding hydrogens is 432 g/mol. The maximum Gasteiger partial charge on any atom is 0.163 e. The molecule has 0 amide bonds. The van der Waals surface area contributed by atoms with E-state index in [1.54, 1.807) is 0 Å². The quantitative estimate of drug-likeness (QED) is 0.380. The van der Waals surface area contributed by atoms with Crippen LogP contribution in [0.1, 0.15) is 67.7 Å². The average Bonchev–Trinajstić information content (AvgIpc) is 3.11. The van der Waals surface area contributed by atoms with Crippen molar-refractivity contribution in [3.63, 3.8) is 0 Å². The van der Waals surface area contributed by atoms with Crippen molar-refractivity contribution in [3.05, 3.63) is 94.8 Å². The van der Waals surface area contributed by atoms with E-state index in [9.17, 15) is 4.79 Å². The number of allylic oxidation sites excluding steroid dienone is 2. The molecule has 0 fully saturated rings. The van der Waals surface area contributed by atoms with Crippen molar-refractivity contribution in [3.8, 4) is 22.4 Å². The second-order valence-corrected chi connectivity index (χ2v) is 7.97. The molecule has 1 aromatic heterocycles. The summed E-state index contributed by atoms with van der Waals surface area (Å²) in [6.45, 7) is 8.08. The molecule has 4 heteroatoms. The van der Waals surface area contributed by atoms with Crippen LogP contribution in [0.4, 0.5) is 0 Å². The number of aryl methyl sites for hydroxylation is 1. The maximum atomic E-state index is 12.7. The summed E-state index contributed by atoms with van der Waals surface area (Å²) in [6, 6.07) is 19.1. The smallest absolute Gasteiger partial charge is 0.163 e. The predicted molar refractivity (Wildman–Crippen MR) is 148 cm³/mol. The third-order valence-corrected chi connectivity index (χ3v) is 5.70. The SMILES string of the molecule is CC.CCCc1ccc(-c2ccc(-c3cc(C(=O)CC)c4c(n3)CC=CC(N)=C4)cc2)cc1.CO. The lowest BCUT2D eigenvalue weighted by atomic mass is 9.96. The molecule has 0 aliphatic heterocycles. The van der Waals surface area contributed by atoms with Gasteiger partial charge in [-0.2, -0.15) is 0 Å². The molecule has 0 atom stereocenters. The van der Waals surface area contributed by atoms with Gasteiger partial charge in [-0.3, -0.25) is 9.78 Å². The number of nitrogens with two attached hydrogens (primary N) is 1. The summed E-state index contributed by atoms with van der Waals surface area (Å²) in [6.07, 6.45) is 9.11. The Morgan fingerprint density at radius 3 is 2.09 bits per heavy atom. The number of aliphatic hydroxyl groups is 1. The fourth-order valence-electron chi connectivity index (χ4n) is 4.00. The molecular formula is C31H38N2O2. The molecule has 2 aromatic carbocycles. The lowest BCUT2D eigenvalue weighted by Gasteiger charge is -2.13. The van der Waals surface area contributed by atoms with Gasteiger partial charge in [0.1, 0.15) is 0 Å². The zero-order valence-corrected chi connectivity index (χ0v) is 21.6. The highest BCUT2D eigenvalue weighted by atomic mass is 16.2. The Balaban J connectivity index is 0.00000103. The number of pyridine rings is 1. The van der Waals surface area contributed by atoms with Gasteiger partial charge in [-0.15, -0.1) is 0 Å². The molecule has 1 aliphatic rings. The summed E-state index contributed by atoms with van der Waals surface area (Å²) in [5.41, 5.74) is 14.7. The van der Waals surface area contributed by atoms with Crippen molar-refractivity contribution in [2.75, 3.05) is 7.11 Å². The monoisotopic (exact) mass is 470 g/mol. The Morgan fingerprint density at radius 1 is 0.943 bits per heavy atom. The summed E-state index contributed by atoms with van der Waals surface area (Å²) in [5, 5.41) is 7.00. The van der Waals surface area contributed by atoms with E-state index >= 15 is 0 Å². The van der Waals surface area contributed by atoms with Crippen LogP contribution in [0, 0.1) is 0 Å². The molecule has 35 heavy (non-hydrogen) atoms. The number of benzene rings is 2. The third kappa shape index (κ3) is 7.00. The van der Waals surface area contributed by atoms with Crippen molar-refractivity contribution < 1.29 is 9.90 Å². The van der Waals surface area contributed by atoms with Crippen LogP contribution < -0.4 is 5.73 Å². The molecule has 1 heterocycles. The van der Waals surface area contributed by atoms with Gasteiger partial charge < -0.3 is 10.8 Å². The highest BCUT2D eigenvalue weighted by Crippen LogP contribution is 2.29. The number of carbonyl (C=O) groups is 1. The number of aliphatic hydroxyl groups excluding tert-OH is 1. The summed E-state index contributed by atoms with van der Waals surface area (Å²) < 4.78 is 0.